The van der Waals surface area contributed by atoms with Crippen LogP contribution in [0.25, 0.3) is 0 Å². The molecule has 0 aromatic heterocycles. The predicted molar refractivity (Wildman–Crippen MR) is 39.5 cm³/mol. The molecule has 0 N–H and O–H groups in total. The maximum Gasteiger partial charge on any atom is 0.0690 e. The molecule has 0 saturated heterocycles. The van der Waals surface area contributed by atoms with Crippen molar-refractivity contribution in [1.29, 1.82) is 0 Å². The molecule has 0 saturated carbocycles. The molecule has 0 bridgehead atoms. The Morgan fingerprint density at radius 1 is 1.44 bits per heavy atom. The van der Waals surface area contributed by atoms with Crippen molar-refractivity contribution in [3.05, 3.63) is 12.4 Å². The molecule has 0 spiro atoms. The molecule has 0 aromatic carbocycles. The second-order valence-corrected chi connectivity index (χ2v) is 2.84. The maximum atomic E-state index is 4.03. The summed E-state index contributed by atoms with van der Waals surface area (Å²) in [5.74, 6) is 0. The van der Waals surface area contributed by atoms with Gasteiger partial charge >= 0.3 is 0 Å². The van der Waals surface area contributed by atoms with Crippen molar-refractivity contribution in [1.82, 2.24) is 4.90 Å². The normalized spacial score (nSPS) is 22.8. The Hall–Kier alpha value is -0.790. The average Bonchev–Trinajstić information content (AvgIpc) is 1.77. The topological polar surface area (TPSA) is 15.6 Å². The van der Waals surface area contributed by atoms with Gasteiger partial charge in [0, 0.05) is 25.7 Å². The van der Waals surface area contributed by atoms with Gasteiger partial charge in [-0.25, -0.2) is 0 Å². The van der Waals surface area contributed by atoms with Crippen LogP contribution in [0.1, 0.15) is 13.8 Å². The largest absolute Gasteiger partial charge is 0.369 e. The number of hydrogen-bond acceptors (Lipinski definition) is 2. The first kappa shape index (κ1) is 6.33. The Labute approximate surface area is 55.9 Å². The summed E-state index contributed by atoms with van der Waals surface area (Å²) in [6.07, 6.45) is 5.71. The van der Waals surface area contributed by atoms with Gasteiger partial charge in [0.15, 0.2) is 0 Å². The van der Waals surface area contributed by atoms with Gasteiger partial charge in [-0.15, -0.1) is 0 Å². The molecule has 1 aliphatic rings. The highest BCUT2D eigenvalue weighted by atomic mass is 15.2. The molecule has 2 nitrogen and oxygen atoms in total. The lowest BCUT2D eigenvalue weighted by molar-refractivity contribution is 0.310. The monoisotopic (exact) mass is 124 g/mol. The SMILES string of the molecule is CN1C=CN=CC1(C)C. The fraction of sp³-hybridized carbons (Fsp3) is 0.571. The van der Waals surface area contributed by atoms with E-state index in [1.54, 1.807) is 6.20 Å². The van der Waals surface area contributed by atoms with E-state index in [9.17, 15) is 0 Å². The summed E-state index contributed by atoms with van der Waals surface area (Å²) in [6, 6.07) is 0. The Bertz CT molecular complexity index is 156. The van der Waals surface area contributed by atoms with Crippen LogP contribution in [0.4, 0.5) is 0 Å². The van der Waals surface area contributed by atoms with Gasteiger partial charge in [0.25, 0.3) is 0 Å². The van der Waals surface area contributed by atoms with Crippen molar-refractivity contribution < 1.29 is 0 Å². The molecule has 1 aliphatic heterocycles. The first-order valence-corrected chi connectivity index (χ1v) is 3.07. The molecule has 1 rings (SSSR count). The smallest absolute Gasteiger partial charge is 0.0690 e. The molecular formula is C7H12N2. The molecule has 2 heteroatoms. The number of rotatable bonds is 0. The standard InChI is InChI=1S/C7H12N2/c1-7(2)6-8-4-5-9(7)3/h4-6H,1-3H3. The van der Waals surface area contributed by atoms with Crippen LogP contribution >= 0.6 is 0 Å². The predicted octanol–water partition coefficient (Wildman–Crippen LogP) is 1.25. The third kappa shape index (κ3) is 1.12. The summed E-state index contributed by atoms with van der Waals surface area (Å²) >= 11 is 0. The van der Waals surface area contributed by atoms with Crippen LogP contribution in [0.15, 0.2) is 17.4 Å². The van der Waals surface area contributed by atoms with Crippen LogP contribution in [-0.2, 0) is 0 Å². The first-order chi connectivity index (χ1) is 4.13. The zero-order valence-corrected chi connectivity index (χ0v) is 6.13. The van der Waals surface area contributed by atoms with Crippen molar-refractivity contribution in [3.63, 3.8) is 0 Å². The first-order valence-electron chi connectivity index (χ1n) is 3.07. The third-order valence-electron chi connectivity index (χ3n) is 1.68. The highest BCUT2D eigenvalue weighted by Gasteiger charge is 2.19. The Balaban J connectivity index is 2.78. The van der Waals surface area contributed by atoms with Crippen molar-refractivity contribution in [2.24, 2.45) is 4.99 Å². The van der Waals surface area contributed by atoms with Gasteiger partial charge in [0.05, 0.1) is 5.54 Å². The summed E-state index contributed by atoms with van der Waals surface area (Å²) in [7, 11) is 2.04. The number of hydrogen-bond donors (Lipinski definition) is 0. The Morgan fingerprint density at radius 3 is 2.44 bits per heavy atom. The van der Waals surface area contributed by atoms with Crippen LogP contribution in [-0.4, -0.2) is 23.7 Å². The van der Waals surface area contributed by atoms with Crippen molar-refractivity contribution in [2.75, 3.05) is 7.05 Å². The van der Waals surface area contributed by atoms with Gasteiger partial charge in [-0.05, 0) is 13.8 Å². The van der Waals surface area contributed by atoms with E-state index < -0.39 is 0 Å². The molecule has 0 amide bonds. The lowest BCUT2D eigenvalue weighted by atomic mass is 10.1. The molecule has 0 aromatic rings. The minimum absolute atomic E-state index is 0.0920. The zero-order valence-electron chi connectivity index (χ0n) is 6.13. The van der Waals surface area contributed by atoms with E-state index in [0.717, 1.165) is 0 Å². The van der Waals surface area contributed by atoms with Gasteiger partial charge in [-0.1, -0.05) is 0 Å². The fourth-order valence-corrected chi connectivity index (χ4v) is 0.647. The van der Waals surface area contributed by atoms with Crippen LogP contribution in [0.3, 0.4) is 0 Å². The number of nitrogens with zero attached hydrogens (tertiary/aromatic N) is 2. The van der Waals surface area contributed by atoms with Gasteiger partial charge in [0.2, 0.25) is 0 Å². The lowest BCUT2D eigenvalue weighted by Crippen LogP contribution is -2.40. The molecular weight excluding hydrogens is 112 g/mol. The van der Waals surface area contributed by atoms with Crippen molar-refractivity contribution in [3.8, 4) is 0 Å². The van der Waals surface area contributed by atoms with E-state index in [1.807, 2.05) is 19.5 Å². The third-order valence-corrected chi connectivity index (χ3v) is 1.68. The van der Waals surface area contributed by atoms with E-state index in [0.29, 0.717) is 0 Å². The van der Waals surface area contributed by atoms with Crippen molar-refractivity contribution >= 4 is 6.21 Å². The second kappa shape index (κ2) is 1.87. The van der Waals surface area contributed by atoms with E-state index in [2.05, 4.69) is 23.7 Å². The lowest BCUT2D eigenvalue weighted by Gasteiger charge is -2.32. The van der Waals surface area contributed by atoms with E-state index in [1.165, 1.54) is 0 Å². The highest BCUT2D eigenvalue weighted by Crippen LogP contribution is 2.12. The van der Waals surface area contributed by atoms with Crippen LogP contribution in [0.5, 0.6) is 0 Å². The van der Waals surface area contributed by atoms with E-state index in [4.69, 9.17) is 0 Å². The molecule has 9 heavy (non-hydrogen) atoms. The molecule has 50 valence electrons. The Morgan fingerprint density at radius 2 is 2.11 bits per heavy atom. The minimum Gasteiger partial charge on any atom is -0.369 e. The molecule has 0 radical (unpaired) electrons. The van der Waals surface area contributed by atoms with Gasteiger partial charge < -0.3 is 4.90 Å². The molecule has 0 fully saturated rings. The number of aliphatic imine (C=N–C) groups is 1. The fourth-order valence-electron chi connectivity index (χ4n) is 0.647. The minimum atomic E-state index is 0.0920. The van der Waals surface area contributed by atoms with E-state index >= 15 is 0 Å². The van der Waals surface area contributed by atoms with Crippen LogP contribution < -0.4 is 0 Å². The van der Waals surface area contributed by atoms with Gasteiger partial charge in [-0.3, -0.25) is 4.99 Å². The van der Waals surface area contributed by atoms with Crippen LogP contribution in [0.2, 0.25) is 0 Å². The quantitative estimate of drug-likeness (QED) is 0.474. The maximum absolute atomic E-state index is 4.03. The molecule has 0 aliphatic carbocycles. The average molecular weight is 124 g/mol. The van der Waals surface area contributed by atoms with Crippen molar-refractivity contribution in [2.45, 2.75) is 19.4 Å². The van der Waals surface area contributed by atoms with E-state index in [-0.39, 0.29) is 5.54 Å². The summed E-state index contributed by atoms with van der Waals surface area (Å²) in [6.45, 7) is 4.25. The van der Waals surface area contributed by atoms with Gasteiger partial charge in [0.1, 0.15) is 0 Å². The summed E-state index contributed by atoms with van der Waals surface area (Å²) < 4.78 is 0. The summed E-state index contributed by atoms with van der Waals surface area (Å²) in [4.78, 5) is 6.16. The van der Waals surface area contributed by atoms with Crippen LogP contribution in [0, 0.1) is 0 Å². The summed E-state index contributed by atoms with van der Waals surface area (Å²) in [5.41, 5.74) is 0.0920. The zero-order chi connectivity index (χ0) is 6.91. The summed E-state index contributed by atoms with van der Waals surface area (Å²) in [5, 5.41) is 0. The van der Waals surface area contributed by atoms with Gasteiger partial charge in [-0.2, -0.15) is 0 Å². The molecule has 1 heterocycles. The molecule has 0 unspecified atom stereocenters. The highest BCUT2D eigenvalue weighted by molar-refractivity contribution is 5.70. The second-order valence-electron chi connectivity index (χ2n) is 2.84. The molecule has 0 atom stereocenters. The Kier molecular flexibility index (Phi) is 1.31.